The Kier molecular flexibility index (Phi) is 14.5. The topological polar surface area (TPSA) is 136 Å². The van der Waals surface area contributed by atoms with E-state index in [1.54, 1.807) is 21.3 Å². The molecule has 0 aromatic carbocycles. The highest BCUT2D eigenvalue weighted by Crippen LogP contribution is 2.33. The van der Waals surface area contributed by atoms with Crippen LogP contribution in [0.4, 0.5) is 0 Å². The van der Waals surface area contributed by atoms with Crippen molar-refractivity contribution in [2.45, 2.75) is 56.7 Å². The molecule has 0 radical (unpaired) electrons. The van der Waals surface area contributed by atoms with Gasteiger partial charge in [0.2, 0.25) is 0 Å². The average Bonchev–Trinajstić information content (AvgIpc) is 3.53. The molecule has 3 rings (SSSR count). The van der Waals surface area contributed by atoms with E-state index in [4.69, 9.17) is 24.1 Å². The fraction of sp³-hybridized carbons (Fsp3) is 0.893. The molecule has 3 aliphatic rings. The lowest BCUT2D eigenvalue weighted by Gasteiger charge is -2.30. The molecule has 0 aromatic heterocycles. The predicted molar refractivity (Wildman–Crippen MR) is 150 cm³/mol. The van der Waals surface area contributed by atoms with Gasteiger partial charge in [0.1, 0.15) is 0 Å². The van der Waals surface area contributed by atoms with Gasteiger partial charge in [-0.05, 0) is 54.1 Å². The van der Waals surface area contributed by atoms with Gasteiger partial charge in [0.25, 0.3) is 0 Å². The second kappa shape index (κ2) is 16.0. The molecular formula is C28H53N3O9. The van der Waals surface area contributed by atoms with E-state index in [0.29, 0.717) is 39.3 Å². The summed E-state index contributed by atoms with van der Waals surface area (Å²) in [7, 11) is 11.8. The number of carboxylic acid groups (broad SMARTS) is 1. The largest absolute Gasteiger partial charge is 0.481 e. The molecule has 3 fully saturated rings. The average molecular weight is 576 g/mol. The van der Waals surface area contributed by atoms with Crippen molar-refractivity contribution in [2.24, 2.45) is 17.8 Å². The Balaban J connectivity index is 0.000000300. The number of nitrogens with zero attached hydrogens (tertiary/aromatic N) is 2. The van der Waals surface area contributed by atoms with Gasteiger partial charge < -0.3 is 34.1 Å². The third-order valence-corrected chi connectivity index (χ3v) is 8.47. The van der Waals surface area contributed by atoms with Gasteiger partial charge in [-0.2, -0.15) is 0 Å². The van der Waals surface area contributed by atoms with Gasteiger partial charge in [-0.1, -0.05) is 0 Å². The summed E-state index contributed by atoms with van der Waals surface area (Å²) in [5, 5.41) is 12.1. The van der Waals surface area contributed by atoms with Crippen LogP contribution in [0.25, 0.3) is 0 Å². The number of carbonyl (C=O) groups is 3. The standard InChI is InChI=1S/C10H19NO3.2C9H17NO3/c1-10(7-13-3)5-8(6-11(10)2)9(12)14-4;1-9(6-12-2)4-7(5-10-9)8(11)13-3;1-9(6-13-3)4-7(8(11)12)5-10(9)2/h8H,5-7H2,1-4H3;7,10H,4-6H2,1-3H3;7H,4-6H2,1-3H3,(H,11,12)/t8-,10-;2*7-,9-/m000/s1. The summed E-state index contributed by atoms with van der Waals surface area (Å²) < 4.78 is 24.8. The number of likely N-dealkylation sites (N-methyl/N-ethyl adjacent to an activating group) is 2. The lowest BCUT2D eigenvalue weighted by molar-refractivity contribution is -0.145. The predicted octanol–water partition coefficient (Wildman–Crippen LogP) is 1.12. The van der Waals surface area contributed by atoms with Crippen LogP contribution < -0.4 is 5.32 Å². The van der Waals surface area contributed by atoms with Gasteiger partial charge in [-0.25, -0.2) is 0 Å². The second-order valence-electron chi connectivity index (χ2n) is 12.1. The number of hydrogen-bond acceptors (Lipinski definition) is 11. The van der Waals surface area contributed by atoms with E-state index in [0.717, 1.165) is 19.4 Å². The summed E-state index contributed by atoms with van der Waals surface area (Å²) in [6.07, 6.45) is 2.27. The first-order valence-corrected chi connectivity index (χ1v) is 13.7. The molecule has 3 aliphatic heterocycles. The number of likely N-dealkylation sites (tertiary alicyclic amines) is 2. The van der Waals surface area contributed by atoms with Crippen LogP contribution in [0, 0.1) is 17.8 Å². The second-order valence-corrected chi connectivity index (χ2v) is 12.1. The van der Waals surface area contributed by atoms with Crippen LogP contribution in [0.3, 0.4) is 0 Å². The maximum atomic E-state index is 11.4. The minimum atomic E-state index is -0.702. The van der Waals surface area contributed by atoms with Crippen LogP contribution in [0.2, 0.25) is 0 Å². The molecule has 234 valence electrons. The molecule has 40 heavy (non-hydrogen) atoms. The summed E-state index contributed by atoms with van der Waals surface area (Å²) in [5.74, 6) is -1.23. The molecule has 2 N–H and O–H groups in total. The summed E-state index contributed by atoms with van der Waals surface area (Å²) in [5.41, 5.74) is -0.223. The van der Waals surface area contributed by atoms with Gasteiger partial charge in [0, 0.05) is 57.6 Å². The third kappa shape index (κ3) is 9.92. The number of nitrogens with one attached hydrogen (secondary N) is 1. The molecule has 0 unspecified atom stereocenters. The molecule has 3 heterocycles. The third-order valence-electron chi connectivity index (χ3n) is 8.47. The monoisotopic (exact) mass is 575 g/mol. The number of rotatable bonds is 9. The highest BCUT2D eigenvalue weighted by molar-refractivity contribution is 5.73. The van der Waals surface area contributed by atoms with E-state index in [1.807, 2.05) is 21.0 Å². The normalized spacial score (nSPS) is 33.9. The first-order valence-electron chi connectivity index (χ1n) is 13.7. The molecular weight excluding hydrogens is 522 g/mol. The van der Waals surface area contributed by atoms with Crippen molar-refractivity contribution in [3.05, 3.63) is 0 Å². The Labute approximate surface area is 240 Å². The Morgan fingerprint density at radius 1 is 0.725 bits per heavy atom. The van der Waals surface area contributed by atoms with Crippen LogP contribution in [-0.2, 0) is 38.1 Å². The zero-order valence-corrected chi connectivity index (χ0v) is 26.2. The number of methoxy groups -OCH3 is 5. The summed E-state index contributed by atoms with van der Waals surface area (Å²) >= 11 is 0. The van der Waals surface area contributed by atoms with Gasteiger partial charge in [0.05, 0.1) is 51.8 Å². The summed E-state index contributed by atoms with van der Waals surface area (Å²) in [4.78, 5) is 37.6. The van der Waals surface area contributed by atoms with E-state index >= 15 is 0 Å². The van der Waals surface area contributed by atoms with Gasteiger partial charge in [-0.3, -0.25) is 24.2 Å². The molecule has 0 saturated carbocycles. The Bertz CT molecular complexity index is 831. The smallest absolute Gasteiger partial charge is 0.310 e. The summed E-state index contributed by atoms with van der Waals surface area (Å²) in [6.45, 7) is 10.1. The van der Waals surface area contributed by atoms with E-state index in [2.05, 4.69) is 33.7 Å². The van der Waals surface area contributed by atoms with Gasteiger partial charge in [-0.15, -0.1) is 0 Å². The zero-order chi connectivity index (χ0) is 30.7. The fourth-order valence-corrected chi connectivity index (χ4v) is 5.87. The van der Waals surface area contributed by atoms with Crippen molar-refractivity contribution in [3.8, 4) is 0 Å². The van der Waals surface area contributed by atoms with E-state index in [9.17, 15) is 14.4 Å². The number of carbonyl (C=O) groups excluding carboxylic acids is 2. The number of esters is 2. The fourth-order valence-electron chi connectivity index (χ4n) is 5.87. The molecule has 0 aliphatic carbocycles. The molecule has 12 heteroatoms. The van der Waals surface area contributed by atoms with Crippen LogP contribution >= 0.6 is 0 Å². The minimum absolute atomic E-state index is 0.00912. The number of carboxylic acids is 1. The number of hydrogen-bond donors (Lipinski definition) is 2. The summed E-state index contributed by atoms with van der Waals surface area (Å²) in [6, 6.07) is 0. The first-order chi connectivity index (χ1) is 18.6. The first kappa shape index (κ1) is 36.2. The minimum Gasteiger partial charge on any atom is -0.481 e. The molecule has 0 bridgehead atoms. The van der Waals surface area contributed by atoms with Crippen molar-refractivity contribution in [2.75, 3.05) is 89.1 Å². The van der Waals surface area contributed by atoms with Crippen LogP contribution in [0.1, 0.15) is 40.0 Å². The molecule has 0 spiro atoms. The van der Waals surface area contributed by atoms with Crippen molar-refractivity contribution in [1.82, 2.24) is 15.1 Å². The number of aliphatic carboxylic acids is 1. The Hall–Kier alpha value is -1.83. The lowest BCUT2D eigenvalue weighted by atomic mass is 9.95. The van der Waals surface area contributed by atoms with Crippen molar-refractivity contribution in [3.63, 3.8) is 0 Å². The highest BCUT2D eigenvalue weighted by atomic mass is 16.5. The maximum absolute atomic E-state index is 11.4. The van der Waals surface area contributed by atoms with E-state index in [-0.39, 0.29) is 46.3 Å². The maximum Gasteiger partial charge on any atom is 0.310 e. The SMILES string of the molecule is COC[C@]1(C)C[C@H](C(=O)O)CN1C.COC[C@]1(C)C[C@H](C(=O)OC)CN1.COC[C@]1(C)C[C@H](C(=O)OC)CN1C. The van der Waals surface area contributed by atoms with Crippen molar-refractivity contribution in [1.29, 1.82) is 0 Å². The molecule has 0 amide bonds. The van der Waals surface area contributed by atoms with Gasteiger partial charge in [0.15, 0.2) is 0 Å². The van der Waals surface area contributed by atoms with E-state index < -0.39 is 5.97 Å². The Morgan fingerprint density at radius 3 is 1.55 bits per heavy atom. The Morgan fingerprint density at radius 2 is 1.15 bits per heavy atom. The van der Waals surface area contributed by atoms with E-state index in [1.165, 1.54) is 14.2 Å². The highest BCUT2D eigenvalue weighted by Gasteiger charge is 2.44. The molecule has 12 nitrogen and oxygen atoms in total. The van der Waals surface area contributed by atoms with Crippen LogP contribution in [0.15, 0.2) is 0 Å². The van der Waals surface area contributed by atoms with Gasteiger partial charge >= 0.3 is 17.9 Å². The lowest BCUT2D eigenvalue weighted by Crippen LogP contribution is -2.42. The van der Waals surface area contributed by atoms with Crippen LogP contribution in [-0.4, -0.2) is 139 Å². The van der Waals surface area contributed by atoms with Crippen molar-refractivity contribution < 1.29 is 43.2 Å². The van der Waals surface area contributed by atoms with Crippen molar-refractivity contribution >= 4 is 17.9 Å². The van der Waals surface area contributed by atoms with Crippen LogP contribution in [0.5, 0.6) is 0 Å². The molecule has 6 atom stereocenters. The quantitative estimate of drug-likeness (QED) is 0.381. The zero-order valence-electron chi connectivity index (χ0n) is 26.2. The number of ether oxygens (including phenoxy) is 5. The molecule has 3 saturated heterocycles. The molecule has 0 aromatic rings.